The summed E-state index contributed by atoms with van der Waals surface area (Å²) < 4.78 is 7.89. The van der Waals surface area contributed by atoms with Gasteiger partial charge in [-0.05, 0) is 56.7 Å². The van der Waals surface area contributed by atoms with E-state index in [-0.39, 0.29) is 5.91 Å². The van der Waals surface area contributed by atoms with E-state index in [0.29, 0.717) is 25.5 Å². The summed E-state index contributed by atoms with van der Waals surface area (Å²) in [6.07, 6.45) is 1.19. The third-order valence-electron chi connectivity index (χ3n) is 4.75. The second-order valence-corrected chi connectivity index (χ2v) is 7.64. The lowest BCUT2D eigenvalue weighted by Gasteiger charge is -2.12. The molecule has 1 N–H and O–H groups in total. The fraction of sp³-hybridized carbons (Fsp3) is 0.545. The number of benzene rings is 1. The summed E-state index contributed by atoms with van der Waals surface area (Å²) in [6.45, 7) is 14.4. The lowest BCUT2D eigenvalue weighted by Crippen LogP contribution is -2.28. The highest BCUT2D eigenvalue weighted by Crippen LogP contribution is 2.22. The van der Waals surface area contributed by atoms with Gasteiger partial charge in [-0.3, -0.25) is 9.48 Å². The number of carbonyl (C=O) groups is 1. The van der Waals surface area contributed by atoms with Gasteiger partial charge in [0.1, 0.15) is 12.4 Å². The Balaban J connectivity index is 1.78. The lowest BCUT2D eigenvalue weighted by atomic mass is 10.1. The van der Waals surface area contributed by atoms with Crippen molar-refractivity contribution in [2.24, 2.45) is 5.92 Å². The summed E-state index contributed by atoms with van der Waals surface area (Å²) in [5, 5.41) is 7.57. The maximum atomic E-state index is 12.2. The van der Waals surface area contributed by atoms with Crippen molar-refractivity contribution < 1.29 is 9.53 Å². The summed E-state index contributed by atoms with van der Waals surface area (Å²) in [6, 6.07) is 6.09. The van der Waals surface area contributed by atoms with Crippen LogP contribution in [-0.4, -0.2) is 28.8 Å². The molecule has 0 fully saturated rings. The molecule has 0 saturated heterocycles. The number of aryl methyl sites for hydroxylation is 3. The zero-order valence-corrected chi connectivity index (χ0v) is 17.6. The zero-order valence-electron chi connectivity index (χ0n) is 17.6. The van der Waals surface area contributed by atoms with Gasteiger partial charge in [0.2, 0.25) is 5.91 Å². The number of ether oxygens (including phenoxy) is 1. The van der Waals surface area contributed by atoms with Crippen LogP contribution >= 0.6 is 0 Å². The molecule has 1 aromatic carbocycles. The van der Waals surface area contributed by atoms with Gasteiger partial charge >= 0.3 is 0 Å². The zero-order chi connectivity index (χ0) is 20.0. The van der Waals surface area contributed by atoms with E-state index in [1.165, 1.54) is 11.3 Å². The molecule has 2 rings (SSSR count). The van der Waals surface area contributed by atoms with E-state index in [9.17, 15) is 4.79 Å². The van der Waals surface area contributed by atoms with Crippen molar-refractivity contribution in [1.82, 2.24) is 15.1 Å². The van der Waals surface area contributed by atoms with Crippen LogP contribution in [0.25, 0.3) is 0 Å². The van der Waals surface area contributed by atoms with E-state index >= 15 is 0 Å². The van der Waals surface area contributed by atoms with Crippen LogP contribution in [0.3, 0.4) is 0 Å². The molecular weight excluding hydrogens is 338 g/mol. The number of aromatic nitrogens is 2. The van der Waals surface area contributed by atoms with Gasteiger partial charge in [0.05, 0.1) is 12.2 Å². The molecule has 0 radical (unpaired) electrons. The molecule has 0 bridgehead atoms. The van der Waals surface area contributed by atoms with Gasteiger partial charge in [-0.1, -0.05) is 32.0 Å². The highest BCUT2D eigenvalue weighted by atomic mass is 16.5. The van der Waals surface area contributed by atoms with Crippen molar-refractivity contribution in [3.8, 4) is 5.75 Å². The quantitative estimate of drug-likeness (QED) is 0.680. The van der Waals surface area contributed by atoms with E-state index in [1.54, 1.807) is 0 Å². The second kappa shape index (κ2) is 9.58. The Morgan fingerprint density at radius 1 is 1.19 bits per heavy atom. The van der Waals surface area contributed by atoms with Crippen LogP contribution in [0, 0.1) is 33.6 Å². The number of hydrogen-bond donors (Lipinski definition) is 1. The Bertz CT molecular complexity index is 758. The molecule has 5 heteroatoms. The Labute approximate surface area is 163 Å². The van der Waals surface area contributed by atoms with Crippen LogP contribution in [-0.2, 0) is 17.8 Å². The van der Waals surface area contributed by atoms with Gasteiger partial charge < -0.3 is 10.1 Å². The first-order valence-corrected chi connectivity index (χ1v) is 9.78. The molecule has 1 amide bonds. The third kappa shape index (κ3) is 5.84. The Kier molecular flexibility index (Phi) is 7.45. The molecule has 0 aliphatic carbocycles. The van der Waals surface area contributed by atoms with Crippen molar-refractivity contribution in [1.29, 1.82) is 0 Å². The summed E-state index contributed by atoms with van der Waals surface area (Å²) in [4.78, 5) is 12.2. The average molecular weight is 372 g/mol. The van der Waals surface area contributed by atoms with E-state index in [1.807, 2.05) is 39.0 Å². The SMILES string of the molecule is Cc1cccc(C)c1OCCNC(=O)CCc1c(C)nn(CC(C)C)c1C. The van der Waals surface area contributed by atoms with Gasteiger partial charge in [-0.25, -0.2) is 0 Å². The minimum atomic E-state index is 0.0514. The standard InChI is InChI=1S/C22H33N3O2/c1-15(2)14-25-19(6)20(18(5)24-25)10-11-21(26)23-12-13-27-22-16(3)8-7-9-17(22)4/h7-9,15H,10-14H2,1-6H3,(H,23,26). The smallest absolute Gasteiger partial charge is 0.220 e. The fourth-order valence-electron chi connectivity index (χ4n) is 3.32. The topological polar surface area (TPSA) is 56.1 Å². The van der Waals surface area contributed by atoms with Crippen LogP contribution in [0.5, 0.6) is 5.75 Å². The Morgan fingerprint density at radius 2 is 1.85 bits per heavy atom. The van der Waals surface area contributed by atoms with Crippen molar-refractivity contribution in [3.05, 3.63) is 46.3 Å². The fourth-order valence-corrected chi connectivity index (χ4v) is 3.32. The third-order valence-corrected chi connectivity index (χ3v) is 4.75. The Hall–Kier alpha value is -2.30. The number of para-hydroxylation sites is 1. The summed E-state index contributed by atoms with van der Waals surface area (Å²) in [7, 11) is 0. The molecule has 27 heavy (non-hydrogen) atoms. The van der Waals surface area contributed by atoms with Crippen molar-refractivity contribution in [2.45, 2.75) is 60.9 Å². The molecule has 0 saturated carbocycles. The van der Waals surface area contributed by atoms with Crippen LogP contribution in [0.2, 0.25) is 0 Å². The predicted molar refractivity (Wildman–Crippen MR) is 109 cm³/mol. The van der Waals surface area contributed by atoms with Gasteiger partial charge in [0.15, 0.2) is 0 Å². The molecule has 0 aliphatic heterocycles. The summed E-state index contributed by atoms with van der Waals surface area (Å²) in [5.41, 5.74) is 5.63. The molecule has 5 nitrogen and oxygen atoms in total. The van der Waals surface area contributed by atoms with Gasteiger partial charge in [0.25, 0.3) is 0 Å². The number of rotatable bonds is 9. The largest absolute Gasteiger partial charge is 0.491 e. The van der Waals surface area contributed by atoms with E-state index in [2.05, 4.69) is 35.9 Å². The van der Waals surface area contributed by atoms with E-state index in [0.717, 1.165) is 35.5 Å². The van der Waals surface area contributed by atoms with E-state index < -0.39 is 0 Å². The highest BCUT2D eigenvalue weighted by Gasteiger charge is 2.13. The number of nitrogens with one attached hydrogen (secondary N) is 1. The first kappa shape index (κ1) is 21.0. The normalized spacial score (nSPS) is 11.1. The predicted octanol–water partition coefficient (Wildman–Crippen LogP) is 3.90. The second-order valence-electron chi connectivity index (χ2n) is 7.64. The lowest BCUT2D eigenvalue weighted by molar-refractivity contribution is -0.121. The van der Waals surface area contributed by atoms with Gasteiger partial charge in [-0.2, -0.15) is 5.10 Å². The van der Waals surface area contributed by atoms with E-state index in [4.69, 9.17) is 4.74 Å². The molecule has 0 aliphatic rings. The molecule has 1 heterocycles. The molecule has 148 valence electrons. The molecule has 1 aromatic heterocycles. The average Bonchev–Trinajstić information content (AvgIpc) is 2.84. The Morgan fingerprint density at radius 3 is 2.48 bits per heavy atom. The first-order chi connectivity index (χ1) is 12.8. The van der Waals surface area contributed by atoms with Crippen LogP contribution in [0.1, 0.15) is 48.3 Å². The van der Waals surface area contributed by atoms with Crippen molar-refractivity contribution >= 4 is 5.91 Å². The van der Waals surface area contributed by atoms with Crippen LogP contribution in [0.4, 0.5) is 0 Å². The minimum Gasteiger partial charge on any atom is -0.491 e. The molecule has 2 aromatic rings. The highest BCUT2D eigenvalue weighted by molar-refractivity contribution is 5.76. The maximum Gasteiger partial charge on any atom is 0.220 e. The number of carbonyl (C=O) groups excluding carboxylic acids is 1. The maximum absolute atomic E-state index is 12.2. The molecule has 0 atom stereocenters. The molecular formula is C22H33N3O2. The summed E-state index contributed by atoms with van der Waals surface area (Å²) >= 11 is 0. The van der Waals surface area contributed by atoms with Crippen LogP contribution in [0.15, 0.2) is 18.2 Å². The molecule has 0 spiro atoms. The van der Waals surface area contributed by atoms with Crippen molar-refractivity contribution in [3.63, 3.8) is 0 Å². The van der Waals surface area contributed by atoms with Gasteiger partial charge in [-0.15, -0.1) is 0 Å². The minimum absolute atomic E-state index is 0.0514. The number of nitrogens with zero attached hydrogens (tertiary/aromatic N) is 2. The number of amides is 1. The van der Waals surface area contributed by atoms with Crippen molar-refractivity contribution in [2.75, 3.05) is 13.2 Å². The number of hydrogen-bond acceptors (Lipinski definition) is 3. The first-order valence-electron chi connectivity index (χ1n) is 9.78. The van der Waals surface area contributed by atoms with Gasteiger partial charge in [0, 0.05) is 18.7 Å². The molecule has 0 unspecified atom stereocenters. The monoisotopic (exact) mass is 371 g/mol. The summed E-state index contributed by atoms with van der Waals surface area (Å²) in [5.74, 6) is 1.52. The van der Waals surface area contributed by atoms with Crippen LogP contribution < -0.4 is 10.1 Å².